The van der Waals surface area contributed by atoms with Gasteiger partial charge in [0.15, 0.2) is 0 Å². The summed E-state index contributed by atoms with van der Waals surface area (Å²) in [6, 6.07) is 9.52. The molecule has 1 aromatic heterocycles. The molecule has 0 bridgehead atoms. The predicted octanol–water partition coefficient (Wildman–Crippen LogP) is 1.96. The molecule has 112 valence electrons. The van der Waals surface area contributed by atoms with Gasteiger partial charge in [0.05, 0.1) is 11.1 Å². The van der Waals surface area contributed by atoms with E-state index in [0.717, 1.165) is 29.8 Å². The van der Waals surface area contributed by atoms with Gasteiger partial charge in [-0.15, -0.1) is 0 Å². The monoisotopic (exact) mass is 286 g/mol. The molecule has 2 aromatic rings. The largest absolute Gasteiger partial charge is 0.370 e. The Morgan fingerprint density at radius 2 is 2.05 bits per heavy atom. The van der Waals surface area contributed by atoms with Crippen LogP contribution < -0.4 is 10.6 Å². The van der Waals surface area contributed by atoms with E-state index in [1.165, 1.54) is 0 Å². The Balaban J connectivity index is 2.29. The van der Waals surface area contributed by atoms with Gasteiger partial charge in [-0.3, -0.25) is 4.79 Å². The maximum atomic E-state index is 12.4. The molecule has 1 aromatic carbocycles. The van der Waals surface area contributed by atoms with Crippen LogP contribution in [0.5, 0.6) is 0 Å². The number of likely N-dealkylation sites (N-methyl/N-ethyl adjacent to an activating group) is 1. The average molecular weight is 286 g/mol. The van der Waals surface area contributed by atoms with Crippen LogP contribution in [0.2, 0.25) is 0 Å². The molecule has 0 atom stereocenters. The van der Waals surface area contributed by atoms with Crippen LogP contribution in [0.3, 0.4) is 0 Å². The molecular formula is C16H22N4O. The topological polar surface area (TPSA) is 57.3 Å². The maximum Gasteiger partial charge on any atom is 0.252 e. The molecule has 0 aliphatic carbocycles. The molecule has 0 fully saturated rings. The molecule has 0 unspecified atom stereocenters. The Morgan fingerprint density at radius 3 is 2.76 bits per heavy atom. The molecule has 0 radical (unpaired) electrons. The number of para-hydroxylation sites is 1. The van der Waals surface area contributed by atoms with Crippen molar-refractivity contribution in [3.05, 3.63) is 35.9 Å². The Labute approximate surface area is 125 Å². The SMILES string of the molecule is CCNc1cc(C(=O)NCCN(C)C)c2ccccc2n1. The molecule has 1 amide bonds. The first-order chi connectivity index (χ1) is 10.1. The van der Waals surface area contributed by atoms with E-state index in [0.29, 0.717) is 12.1 Å². The van der Waals surface area contributed by atoms with Crippen molar-refractivity contribution in [3.63, 3.8) is 0 Å². The zero-order valence-electron chi connectivity index (χ0n) is 12.8. The van der Waals surface area contributed by atoms with Crippen LogP contribution >= 0.6 is 0 Å². The van der Waals surface area contributed by atoms with E-state index in [4.69, 9.17) is 0 Å². The number of nitrogens with zero attached hydrogens (tertiary/aromatic N) is 2. The molecule has 0 spiro atoms. The van der Waals surface area contributed by atoms with Crippen molar-refractivity contribution in [1.82, 2.24) is 15.2 Å². The van der Waals surface area contributed by atoms with E-state index in [1.807, 2.05) is 56.3 Å². The lowest BCUT2D eigenvalue weighted by Crippen LogP contribution is -2.31. The summed E-state index contributed by atoms with van der Waals surface area (Å²) in [6.07, 6.45) is 0. The van der Waals surface area contributed by atoms with Crippen LogP contribution in [0.25, 0.3) is 10.9 Å². The minimum atomic E-state index is -0.0606. The number of amides is 1. The van der Waals surface area contributed by atoms with Crippen LogP contribution in [-0.2, 0) is 0 Å². The molecule has 2 N–H and O–H groups in total. The number of benzene rings is 1. The summed E-state index contributed by atoms with van der Waals surface area (Å²) in [6.45, 7) is 4.22. The molecule has 0 aliphatic heterocycles. The van der Waals surface area contributed by atoms with E-state index >= 15 is 0 Å². The Bertz CT molecular complexity index is 625. The highest BCUT2D eigenvalue weighted by atomic mass is 16.1. The summed E-state index contributed by atoms with van der Waals surface area (Å²) in [5.41, 5.74) is 1.49. The van der Waals surface area contributed by atoms with E-state index in [2.05, 4.69) is 15.6 Å². The van der Waals surface area contributed by atoms with Crippen LogP contribution in [-0.4, -0.2) is 49.5 Å². The third kappa shape index (κ3) is 3.92. The first-order valence-corrected chi connectivity index (χ1v) is 7.18. The van der Waals surface area contributed by atoms with Crippen molar-refractivity contribution in [2.45, 2.75) is 6.92 Å². The van der Waals surface area contributed by atoms with Gasteiger partial charge in [-0.05, 0) is 33.2 Å². The van der Waals surface area contributed by atoms with Crippen LogP contribution in [0.1, 0.15) is 17.3 Å². The summed E-state index contributed by atoms with van der Waals surface area (Å²) in [5.74, 6) is 0.670. The standard InChI is InChI=1S/C16H22N4O/c1-4-17-15-11-13(16(21)18-9-10-20(2)3)12-7-5-6-8-14(12)19-15/h5-8,11H,4,9-10H2,1-3H3,(H,17,19)(H,18,21). The summed E-state index contributed by atoms with van der Waals surface area (Å²) in [7, 11) is 3.97. The lowest BCUT2D eigenvalue weighted by atomic mass is 10.1. The minimum Gasteiger partial charge on any atom is -0.370 e. The van der Waals surface area contributed by atoms with Gasteiger partial charge in [0.25, 0.3) is 5.91 Å². The normalized spacial score (nSPS) is 10.9. The van der Waals surface area contributed by atoms with Gasteiger partial charge in [-0.2, -0.15) is 0 Å². The van der Waals surface area contributed by atoms with Gasteiger partial charge in [0.2, 0.25) is 0 Å². The molecule has 0 saturated heterocycles. The number of hydrogen-bond donors (Lipinski definition) is 2. The molecule has 0 saturated carbocycles. The van der Waals surface area contributed by atoms with Gasteiger partial charge >= 0.3 is 0 Å². The second-order valence-electron chi connectivity index (χ2n) is 5.16. The third-order valence-electron chi connectivity index (χ3n) is 3.16. The van der Waals surface area contributed by atoms with Gasteiger partial charge < -0.3 is 15.5 Å². The highest BCUT2D eigenvalue weighted by Gasteiger charge is 2.12. The van der Waals surface area contributed by atoms with Crippen molar-refractivity contribution < 1.29 is 4.79 Å². The minimum absolute atomic E-state index is 0.0606. The van der Waals surface area contributed by atoms with Crippen molar-refractivity contribution in [2.24, 2.45) is 0 Å². The lowest BCUT2D eigenvalue weighted by Gasteiger charge is -2.13. The summed E-state index contributed by atoms with van der Waals surface area (Å²) < 4.78 is 0. The van der Waals surface area contributed by atoms with E-state index in [-0.39, 0.29) is 5.91 Å². The number of anilines is 1. The maximum absolute atomic E-state index is 12.4. The number of pyridine rings is 1. The first-order valence-electron chi connectivity index (χ1n) is 7.18. The van der Waals surface area contributed by atoms with Crippen LogP contribution in [0.4, 0.5) is 5.82 Å². The Morgan fingerprint density at radius 1 is 1.29 bits per heavy atom. The van der Waals surface area contributed by atoms with Crippen molar-refractivity contribution >= 4 is 22.6 Å². The van der Waals surface area contributed by atoms with Crippen LogP contribution in [0, 0.1) is 0 Å². The van der Waals surface area contributed by atoms with Gasteiger partial charge in [-0.25, -0.2) is 4.98 Å². The van der Waals surface area contributed by atoms with E-state index in [9.17, 15) is 4.79 Å². The smallest absolute Gasteiger partial charge is 0.252 e. The quantitative estimate of drug-likeness (QED) is 0.852. The second-order valence-corrected chi connectivity index (χ2v) is 5.16. The third-order valence-corrected chi connectivity index (χ3v) is 3.16. The molecule has 1 heterocycles. The molecular weight excluding hydrogens is 264 g/mol. The number of hydrogen-bond acceptors (Lipinski definition) is 4. The highest BCUT2D eigenvalue weighted by molar-refractivity contribution is 6.06. The van der Waals surface area contributed by atoms with Gasteiger partial charge in [0, 0.05) is 25.0 Å². The van der Waals surface area contributed by atoms with E-state index < -0.39 is 0 Å². The first kappa shape index (κ1) is 15.3. The van der Waals surface area contributed by atoms with E-state index in [1.54, 1.807) is 0 Å². The molecule has 21 heavy (non-hydrogen) atoms. The van der Waals surface area contributed by atoms with Crippen molar-refractivity contribution in [2.75, 3.05) is 39.0 Å². The fourth-order valence-corrected chi connectivity index (χ4v) is 2.12. The number of rotatable bonds is 6. The molecule has 5 nitrogen and oxygen atoms in total. The van der Waals surface area contributed by atoms with Crippen molar-refractivity contribution in [3.8, 4) is 0 Å². The second kappa shape index (κ2) is 7.04. The van der Waals surface area contributed by atoms with Crippen LogP contribution in [0.15, 0.2) is 30.3 Å². The number of nitrogens with one attached hydrogen (secondary N) is 2. The van der Waals surface area contributed by atoms with Gasteiger partial charge in [-0.1, -0.05) is 18.2 Å². The van der Waals surface area contributed by atoms with Gasteiger partial charge in [0.1, 0.15) is 5.82 Å². The molecule has 0 aliphatic rings. The summed E-state index contributed by atoms with van der Waals surface area (Å²) in [5, 5.41) is 7.00. The number of carbonyl (C=O) groups excluding carboxylic acids is 1. The average Bonchev–Trinajstić information content (AvgIpc) is 2.46. The molecule has 5 heteroatoms. The predicted molar refractivity (Wildman–Crippen MR) is 86.8 cm³/mol. The fraction of sp³-hybridized carbons (Fsp3) is 0.375. The number of fused-ring (bicyclic) bond motifs is 1. The Hall–Kier alpha value is -2.14. The summed E-state index contributed by atoms with van der Waals surface area (Å²) >= 11 is 0. The number of aromatic nitrogens is 1. The number of carbonyl (C=O) groups is 1. The molecule has 2 rings (SSSR count). The summed E-state index contributed by atoms with van der Waals surface area (Å²) in [4.78, 5) is 19.0. The van der Waals surface area contributed by atoms with Crippen molar-refractivity contribution in [1.29, 1.82) is 0 Å². The zero-order valence-corrected chi connectivity index (χ0v) is 12.8. The Kier molecular flexibility index (Phi) is 5.11. The lowest BCUT2D eigenvalue weighted by molar-refractivity contribution is 0.0952. The zero-order chi connectivity index (χ0) is 15.2. The fourth-order valence-electron chi connectivity index (χ4n) is 2.12. The highest BCUT2D eigenvalue weighted by Crippen LogP contribution is 2.20.